The zero-order chi connectivity index (χ0) is 13.0. The van der Waals surface area contributed by atoms with Crippen LogP contribution in [-0.2, 0) is 4.79 Å². The highest BCUT2D eigenvalue weighted by Gasteiger charge is 2.15. The minimum atomic E-state index is -0.473. The van der Waals surface area contributed by atoms with Crippen molar-refractivity contribution in [3.8, 4) is 5.75 Å². The molecule has 1 aromatic rings. The number of aryl methyl sites for hydroxylation is 2. The number of carbonyl (C=O) groups is 1. The molecule has 0 saturated heterocycles. The van der Waals surface area contributed by atoms with Crippen molar-refractivity contribution in [3.05, 3.63) is 29.3 Å². The first kappa shape index (κ1) is 13.6. The van der Waals surface area contributed by atoms with Gasteiger partial charge in [0.25, 0.3) is 5.91 Å². The Labute approximate surface area is 103 Å². The number of ether oxygens (including phenoxy) is 1. The molecular weight excluding hydrogens is 214 g/mol. The summed E-state index contributed by atoms with van der Waals surface area (Å²) in [6.07, 6.45) is -0.473. The normalized spacial score (nSPS) is 12.4. The van der Waals surface area contributed by atoms with E-state index < -0.39 is 6.10 Å². The van der Waals surface area contributed by atoms with E-state index in [0.29, 0.717) is 0 Å². The maximum absolute atomic E-state index is 11.7. The van der Waals surface area contributed by atoms with Crippen LogP contribution in [0.4, 0.5) is 0 Å². The Morgan fingerprint density at radius 1 is 1.24 bits per heavy atom. The van der Waals surface area contributed by atoms with Crippen LogP contribution in [0, 0.1) is 13.8 Å². The number of hydrogen-bond donors (Lipinski definition) is 1. The second kappa shape index (κ2) is 5.71. The van der Waals surface area contributed by atoms with E-state index in [1.165, 1.54) is 5.56 Å². The topological polar surface area (TPSA) is 38.3 Å². The van der Waals surface area contributed by atoms with Crippen LogP contribution in [-0.4, -0.2) is 18.1 Å². The number of amides is 1. The molecule has 94 valence electrons. The number of nitrogens with one attached hydrogen (secondary N) is 1. The van der Waals surface area contributed by atoms with Crippen molar-refractivity contribution in [2.75, 3.05) is 0 Å². The monoisotopic (exact) mass is 235 g/mol. The molecule has 0 heterocycles. The van der Waals surface area contributed by atoms with E-state index in [0.717, 1.165) is 11.3 Å². The van der Waals surface area contributed by atoms with E-state index in [4.69, 9.17) is 4.74 Å². The summed E-state index contributed by atoms with van der Waals surface area (Å²) in [5.74, 6) is 0.682. The highest BCUT2D eigenvalue weighted by molar-refractivity contribution is 5.80. The Morgan fingerprint density at radius 2 is 1.88 bits per heavy atom. The SMILES string of the molecule is Cc1ccc(O[C@H](C)C(=O)NC(C)C)c(C)c1. The minimum Gasteiger partial charge on any atom is -0.481 e. The molecular formula is C14H21NO2. The van der Waals surface area contributed by atoms with Crippen LogP contribution in [0.5, 0.6) is 5.75 Å². The van der Waals surface area contributed by atoms with Gasteiger partial charge in [-0.2, -0.15) is 0 Å². The lowest BCUT2D eigenvalue weighted by molar-refractivity contribution is -0.127. The van der Waals surface area contributed by atoms with Gasteiger partial charge in [-0.05, 0) is 46.2 Å². The van der Waals surface area contributed by atoms with Crippen molar-refractivity contribution in [2.24, 2.45) is 0 Å². The zero-order valence-electron chi connectivity index (χ0n) is 11.2. The smallest absolute Gasteiger partial charge is 0.260 e. The summed E-state index contributed by atoms with van der Waals surface area (Å²) in [6.45, 7) is 9.64. The van der Waals surface area contributed by atoms with Gasteiger partial charge >= 0.3 is 0 Å². The van der Waals surface area contributed by atoms with Crippen molar-refractivity contribution in [3.63, 3.8) is 0 Å². The molecule has 0 fully saturated rings. The number of rotatable bonds is 4. The number of benzene rings is 1. The van der Waals surface area contributed by atoms with Gasteiger partial charge in [0, 0.05) is 6.04 Å². The van der Waals surface area contributed by atoms with Crippen molar-refractivity contribution < 1.29 is 9.53 Å². The third-order valence-electron chi connectivity index (χ3n) is 2.43. The highest BCUT2D eigenvalue weighted by Crippen LogP contribution is 2.20. The summed E-state index contributed by atoms with van der Waals surface area (Å²) in [7, 11) is 0. The molecule has 1 rings (SSSR count). The molecule has 0 bridgehead atoms. The van der Waals surface area contributed by atoms with Gasteiger partial charge in [0.15, 0.2) is 6.10 Å². The summed E-state index contributed by atoms with van der Waals surface area (Å²) in [5.41, 5.74) is 2.24. The van der Waals surface area contributed by atoms with Crippen molar-refractivity contribution >= 4 is 5.91 Å². The fraction of sp³-hybridized carbons (Fsp3) is 0.500. The van der Waals surface area contributed by atoms with E-state index in [1.807, 2.05) is 45.9 Å². The molecule has 0 aromatic heterocycles. The molecule has 1 atom stereocenters. The van der Waals surface area contributed by atoms with Gasteiger partial charge < -0.3 is 10.1 Å². The van der Waals surface area contributed by atoms with Gasteiger partial charge in [-0.15, -0.1) is 0 Å². The molecule has 17 heavy (non-hydrogen) atoms. The third-order valence-corrected chi connectivity index (χ3v) is 2.43. The van der Waals surface area contributed by atoms with Gasteiger partial charge in [0.05, 0.1) is 0 Å². The quantitative estimate of drug-likeness (QED) is 0.871. The van der Waals surface area contributed by atoms with E-state index in [2.05, 4.69) is 5.32 Å². The van der Waals surface area contributed by atoms with Crippen LogP contribution >= 0.6 is 0 Å². The fourth-order valence-electron chi connectivity index (χ4n) is 1.58. The Kier molecular flexibility index (Phi) is 4.55. The summed E-state index contributed by atoms with van der Waals surface area (Å²) < 4.78 is 5.65. The van der Waals surface area contributed by atoms with E-state index in [-0.39, 0.29) is 11.9 Å². The molecule has 0 aliphatic carbocycles. The first-order valence-corrected chi connectivity index (χ1v) is 5.94. The first-order chi connectivity index (χ1) is 7.90. The Bertz CT molecular complexity index is 399. The summed E-state index contributed by atoms with van der Waals surface area (Å²) in [4.78, 5) is 11.7. The molecule has 0 saturated carbocycles. The molecule has 0 aliphatic heterocycles. The van der Waals surface area contributed by atoms with Crippen LogP contribution in [0.3, 0.4) is 0 Å². The van der Waals surface area contributed by atoms with Crippen LogP contribution < -0.4 is 10.1 Å². The van der Waals surface area contributed by atoms with Crippen molar-refractivity contribution in [1.29, 1.82) is 0 Å². The maximum Gasteiger partial charge on any atom is 0.260 e. The number of hydrogen-bond acceptors (Lipinski definition) is 2. The predicted molar refractivity (Wildman–Crippen MR) is 69.3 cm³/mol. The van der Waals surface area contributed by atoms with Crippen molar-refractivity contribution in [1.82, 2.24) is 5.32 Å². The third kappa shape index (κ3) is 4.10. The summed E-state index contributed by atoms with van der Waals surface area (Å²) in [5, 5.41) is 2.83. The molecule has 0 aliphatic rings. The van der Waals surface area contributed by atoms with Gasteiger partial charge in [-0.25, -0.2) is 0 Å². The van der Waals surface area contributed by atoms with Crippen LogP contribution in [0.1, 0.15) is 31.9 Å². The fourth-order valence-corrected chi connectivity index (χ4v) is 1.58. The second-order valence-corrected chi connectivity index (χ2v) is 4.69. The molecule has 0 spiro atoms. The van der Waals surface area contributed by atoms with E-state index in [9.17, 15) is 4.79 Å². The lowest BCUT2D eigenvalue weighted by atomic mass is 10.1. The highest BCUT2D eigenvalue weighted by atomic mass is 16.5. The Hall–Kier alpha value is -1.51. The van der Waals surface area contributed by atoms with Gasteiger partial charge in [0.1, 0.15) is 5.75 Å². The first-order valence-electron chi connectivity index (χ1n) is 5.94. The molecule has 1 aromatic carbocycles. The van der Waals surface area contributed by atoms with Crippen molar-refractivity contribution in [2.45, 2.75) is 46.8 Å². The molecule has 3 heteroatoms. The largest absolute Gasteiger partial charge is 0.481 e. The predicted octanol–water partition coefficient (Wildman–Crippen LogP) is 2.60. The molecule has 0 unspecified atom stereocenters. The molecule has 1 N–H and O–H groups in total. The molecule has 3 nitrogen and oxygen atoms in total. The summed E-state index contributed by atoms with van der Waals surface area (Å²) in [6, 6.07) is 6.06. The Morgan fingerprint density at radius 3 is 2.41 bits per heavy atom. The molecule has 0 radical (unpaired) electrons. The zero-order valence-corrected chi connectivity index (χ0v) is 11.2. The van der Waals surface area contributed by atoms with E-state index >= 15 is 0 Å². The lowest BCUT2D eigenvalue weighted by Crippen LogP contribution is -2.40. The molecule has 1 amide bonds. The Balaban J connectivity index is 2.67. The minimum absolute atomic E-state index is 0.0834. The maximum atomic E-state index is 11.7. The van der Waals surface area contributed by atoms with Crippen LogP contribution in [0.25, 0.3) is 0 Å². The van der Waals surface area contributed by atoms with Crippen LogP contribution in [0.15, 0.2) is 18.2 Å². The van der Waals surface area contributed by atoms with Gasteiger partial charge in [-0.3, -0.25) is 4.79 Å². The number of carbonyl (C=O) groups excluding carboxylic acids is 1. The van der Waals surface area contributed by atoms with Crippen LogP contribution in [0.2, 0.25) is 0 Å². The summed E-state index contributed by atoms with van der Waals surface area (Å²) >= 11 is 0. The average Bonchev–Trinajstić information content (AvgIpc) is 2.21. The second-order valence-electron chi connectivity index (χ2n) is 4.69. The standard InChI is InChI=1S/C14H21NO2/c1-9(2)15-14(16)12(5)17-13-7-6-10(3)8-11(13)4/h6-9,12H,1-5H3,(H,15,16)/t12-/m1/s1. The van der Waals surface area contributed by atoms with Gasteiger partial charge in [-0.1, -0.05) is 17.7 Å². The van der Waals surface area contributed by atoms with Gasteiger partial charge in [0.2, 0.25) is 0 Å². The van der Waals surface area contributed by atoms with E-state index in [1.54, 1.807) is 6.92 Å². The average molecular weight is 235 g/mol. The lowest BCUT2D eigenvalue weighted by Gasteiger charge is -2.17.